The van der Waals surface area contributed by atoms with E-state index >= 15 is 0 Å². The first-order valence-corrected chi connectivity index (χ1v) is 13.5. The largest absolute Gasteiger partial charge is 0.353 e. The molecule has 0 radical (unpaired) electrons. The number of unbranched alkanes of at least 4 members (excludes halogenated alkanes) is 8. The Morgan fingerprint density at radius 1 is 0.812 bits per heavy atom. The van der Waals surface area contributed by atoms with Gasteiger partial charge in [-0.05, 0) is 74.6 Å². The predicted molar refractivity (Wildman–Crippen MR) is 131 cm³/mol. The van der Waals surface area contributed by atoms with Gasteiger partial charge in [0, 0.05) is 13.2 Å². The lowest BCUT2D eigenvalue weighted by atomic mass is 9.78. The minimum atomic E-state index is -0.165. The quantitative estimate of drug-likeness (QED) is 0.205. The lowest BCUT2D eigenvalue weighted by Gasteiger charge is -2.26. The summed E-state index contributed by atoms with van der Waals surface area (Å²) < 4.78 is 18.3. The lowest BCUT2D eigenvalue weighted by molar-refractivity contribution is -0.162. The van der Waals surface area contributed by atoms with Gasteiger partial charge in [0.05, 0.1) is 0 Å². The Morgan fingerprint density at radius 2 is 1.44 bits per heavy atom. The highest BCUT2D eigenvalue weighted by atomic mass is 16.7. The summed E-state index contributed by atoms with van der Waals surface area (Å²) in [5.74, 6) is 0. The molecule has 0 amide bonds. The molecule has 3 heterocycles. The van der Waals surface area contributed by atoms with Crippen LogP contribution in [0.2, 0.25) is 0 Å². The highest BCUT2D eigenvalue weighted by Gasteiger charge is 2.54. The molecular formula is C29H44O3. The van der Waals surface area contributed by atoms with Crippen LogP contribution in [0.15, 0.2) is 36.4 Å². The molecule has 1 aromatic rings. The number of fused-ring (bicyclic) bond motifs is 5. The summed E-state index contributed by atoms with van der Waals surface area (Å²) in [5.41, 5.74) is 2.54. The maximum absolute atomic E-state index is 6.85. The Hall–Kier alpha value is -1.16. The van der Waals surface area contributed by atoms with E-state index in [0.29, 0.717) is 0 Å². The van der Waals surface area contributed by atoms with E-state index in [4.69, 9.17) is 14.2 Å². The van der Waals surface area contributed by atoms with Gasteiger partial charge in [0.15, 0.2) is 6.29 Å². The van der Waals surface area contributed by atoms with Crippen molar-refractivity contribution in [2.75, 3.05) is 13.2 Å². The Balaban J connectivity index is 1.12. The summed E-state index contributed by atoms with van der Waals surface area (Å²) in [6, 6.07) is 8.97. The number of benzene rings is 1. The van der Waals surface area contributed by atoms with Crippen LogP contribution in [0.25, 0.3) is 0 Å². The van der Waals surface area contributed by atoms with Crippen molar-refractivity contribution in [1.29, 1.82) is 0 Å². The number of rotatable bonds is 15. The van der Waals surface area contributed by atoms with Crippen molar-refractivity contribution in [2.45, 2.75) is 121 Å². The first-order chi connectivity index (χ1) is 15.8. The second kappa shape index (κ2) is 11.8. The average molecular weight is 441 g/mol. The van der Waals surface area contributed by atoms with Crippen molar-refractivity contribution in [3.05, 3.63) is 47.5 Å². The molecule has 1 fully saturated rings. The van der Waals surface area contributed by atoms with Gasteiger partial charge in [-0.15, -0.1) is 0 Å². The maximum Gasteiger partial charge on any atom is 0.157 e. The molecule has 0 N–H and O–H groups in total. The van der Waals surface area contributed by atoms with E-state index < -0.39 is 0 Å². The average Bonchev–Trinajstić information content (AvgIpc) is 3.34. The van der Waals surface area contributed by atoms with Gasteiger partial charge in [-0.25, -0.2) is 0 Å². The fourth-order valence-corrected chi connectivity index (χ4v) is 5.78. The molecule has 3 aliphatic rings. The summed E-state index contributed by atoms with van der Waals surface area (Å²) in [5, 5.41) is 0. The summed E-state index contributed by atoms with van der Waals surface area (Å²) in [6.45, 7) is 4.00. The highest BCUT2D eigenvalue weighted by Crippen LogP contribution is 2.57. The zero-order chi connectivity index (χ0) is 22.1. The smallest absolute Gasteiger partial charge is 0.157 e. The molecule has 1 saturated heterocycles. The molecule has 0 aliphatic carbocycles. The monoisotopic (exact) mass is 440 g/mol. The van der Waals surface area contributed by atoms with E-state index in [-0.39, 0.29) is 17.5 Å². The Bertz CT molecular complexity index is 723. The van der Waals surface area contributed by atoms with Crippen molar-refractivity contribution in [1.82, 2.24) is 0 Å². The van der Waals surface area contributed by atoms with Crippen LogP contribution in [0.4, 0.5) is 0 Å². The molecule has 3 atom stereocenters. The first-order valence-electron chi connectivity index (χ1n) is 13.5. The van der Waals surface area contributed by atoms with Crippen LogP contribution >= 0.6 is 0 Å². The number of hydrogen-bond acceptors (Lipinski definition) is 3. The maximum atomic E-state index is 6.85. The van der Waals surface area contributed by atoms with Crippen molar-refractivity contribution >= 4 is 0 Å². The Morgan fingerprint density at radius 3 is 2.06 bits per heavy atom. The van der Waals surface area contributed by atoms with Gasteiger partial charge in [-0.1, -0.05) is 76.1 Å². The minimum absolute atomic E-state index is 0.0704. The van der Waals surface area contributed by atoms with E-state index in [9.17, 15) is 0 Å². The molecule has 0 spiro atoms. The molecule has 0 saturated carbocycles. The third-order valence-electron chi connectivity index (χ3n) is 7.61. The second-order valence-electron chi connectivity index (χ2n) is 10.1. The number of hydrogen-bond donors (Lipinski definition) is 0. The zero-order valence-electron chi connectivity index (χ0n) is 20.3. The Labute approximate surface area is 195 Å². The summed E-state index contributed by atoms with van der Waals surface area (Å²) >= 11 is 0. The van der Waals surface area contributed by atoms with Gasteiger partial charge >= 0.3 is 0 Å². The van der Waals surface area contributed by atoms with Crippen molar-refractivity contribution in [3.8, 4) is 0 Å². The van der Waals surface area contributed by atoms with E-state index in [0.717, 1.165) is 32.5 Å². The van der Waals surface area contributed by atoms with Crippen LogP contribution in [-0.2, 0) is 25.4 Å². The third kappa shape index (κ3) is 5.66. The molecule has 4 rings (SSSR count). The lowest BCUT2D eigenvalue weighted by Crippen LogP contribution is -2.23. The predicted octanol–water partition coefficient (Wildman–Crippen LogP) is 7.92. The topological polar surface area (TPSA) is 27.7 Å². The van der Waals surface area contributed by atoms with E-state index in [1.807, 2.05) is 0 Å². The molecule has 3 aliphatic heterocycles. The zero-order valence-corrected chi connectivity index (χ0v) is 20.3. The fraction of sp³-hybridized carbons (Fsp3) is 0.724. The van der Waals surface area contributed by atoms with E-state index in [1.165, 1.54) is 88.2 Å². The molecule has 0 aromatic heterocycles. The van der Waals surface area contributed by atoms with Crippen LogP contribution < -0.4 is 0 Å². The molecule has 1 aromatic carbocycles. The van der Waals surface area contributed by atoms with Gasteiger partial charge in [0.2, 0.25) is 0 Å². The van der Waals surface area contributed by atoms with E-state index in [1.54, 1.807) is 0 Å². The minimum Gasteiger partial charge on any atom is -0.353 e. The van der Waals surface area contributed by atoms with Gasteiger partial charge in [-0.2, -0.15) is 0 Å². The van der Waals surface area contributed by atoms with E-state index in [2.05, 4.69) is 43.3 Å². The third-order valence-corrected chi connectivity index (χ3v) is 7.61. The SMILES string of the molecule is CCCCCC12C=CC(CCCCCCCCCOC3CCCCO3)(O1)c1ccccc12. The number of ether oxygens (including phenoxy) is 3. The molecular weight excluding hydrogens is 396 g/mol. The highest BCUT2D eigenvalue weighted by molar-refractivity contribution is 5.51. The van der Waals surface area contributed by atoms with Crippen LogP contribution in [-0.4, -0.2) is 19.5 Å². The summed E-state index contributed by atoms with van der Waals surface area (Å²) in [7, 11) is 0. The van der Waals surface area contributed by atoms with Gasteiger partial charge in [0.25, 0.3) is 0 Å². The van der Waals surface area contributed by atoms with Crippen LogP contribution in [0.3, 0.4) is 0 Å². The van der Waals surface area contributed by atoms with Crippen molar-refractivity contribution in [2.24, 2.45) is 0 Å². The van der Waals surface area contributed by atoms with Crippen molar-refractivity contribution < 1.29 is 14.2 Å². The van der Waals surface area contributed by atoms with Gasteiger partial charge in [-0.3, -0.25) is 0 Å². The standard InChI is InChI=1S/C29H44O3/c1-2-3-12-19-28-21-22-29(32-28,26-17-10-9-16-25(26)28)20-13-7-5-4-6-8-14-23-30-27-18-11-15-24-31-27/h9-10,16-17,21-22,27H,2-8,11-15,18-20,23-24H2,1H3. The molecule has 3 unspecified atom stereocenters. The van der Waals surface area contributed by atoms with Crippen LogP contribution in [0, 0.1) is 0 Å². The summed E-state index contributed by atoms with van der Waals surface area (Å²) in [6.07, 6.45) is 23.3. The van der Waals surface area contributed by atoms with Gasteiger partial charge in [0.1, 0.15) is 11.2 Å². The molecule has 32 heavy (non-hydrogen) atoms. The van der Waals surface area contributed by atoms with Crippen LogP contribution in [0.5, 0.6) is 0 Å². The molecule has 178 valence electrons. The summed E-state index contributed by atoms with van der Waals surface area (Å²) in [4.78, 5) is 0. The second-order valence-corrected chi connectivity index (χ2v) is 10.1. The molecule has 3 nitrogen and oxygen atoms in total. The first kappa shape index (κ1) is 24.0. The molecule has 2 bridgehead atoms. The fourth-order valence-electron chi connectivity index (χ4n) is 5.78. The molecule has 3 heteroatoms. The normalized spacial score (nSPS) is 28.3. The van der Waals surface area contributed by atoms with Gasteiger partial charge < -0.3 is 14.2 Å². The Kier molecular flexibility index (Phi) is 8.85. The van der Waals surface area contributed by atoms with Crippen molar-refractivity contribution in [3.63, 3.8) is 0 Å². The van der Waals surface area contributed by atoms with Crippen LogP contribution in [0.1, 0.15) is 114 Å².